The number of rotatable bonds is 4. The highest BCUT2D eigenvalue weighted by atomic mass is 16.5. The number of fused-ring (bicyclic) bond motifs is 1. The van der Waals surface area contributed by atoms with Crippen LogP contribution in [0, 0.1) is 5.92 Å². The molecule has 0 unspecified atom stereocenters. The zero-order valence-electron chi connectivity index (χ0n) is 15.7. The molecule has 0 bridgehead atoms. The van der Waals surface area contributed by atoms with Gasteiger partial charge in [0.15, 0.2) is 0 Å². The van der Waals surface area contributed by atoms with Crippen LogP contribution in [0.4, 0.5) is 11.4 Å². The molecule has 0 saturated heterocycles. The predicted molar refractivity (Wildman–Crippen MR) is 111 cm³/mol. The molecule has 0 heterocycles. The Bertz CT molecular complexity index is 921. The molecule has 0 aliphatic heterocycles. The van der Waals surface area contributed by atoms with Gasteiger partial charge in [-0.3, -0.25) is 9.69 Å². The van der Waals surface area contributed by atoms with Gasteiger partial charge in [-0.2, -0.15) is 0 Å². The van der Waals surface area contributed by atoms with Gasteiger partial charge in [0.1, 0.15) is 5.75 Å². The van der Waals surface area contributed by atoms with Crippen molar-refractivity contribution in [3.8, 4) is 5.75 Å². The second-order valence-corrected chi connectivity index (χ2v) is 7.20. The Morgan fingerprint density at radius 2 is 1.59 bits per heavy atom. The van der Waals surface area contributed by atoms with E-state index in [9.17, 15) is 4.79 Å². The summed E-state index contributed by atoms with van der Waals surface area (Å²) in [7, 11) is 1.66. The van der Waals surface area contributed by atoms with E-state index in [0.29, 0.717) is 0 Å². The number of amides is 1. The van der Waals surface area contributed by atoms with E-state index in [1.165, 1.54) is 6.42 Å². The number of hydrogen-bond acceptors (Lipinski definition) is 2. The summed E-state index contributed by atoms with van der Waals surface area (Å²) in [6, 6.07) is 22.2. The van der Waals surface area contributed by atoms with Crippen LogP contribution in [0.25, 0.3) is 10.8 Å². The second-order valence-electron chi connectivity index (χ2n) is 7.20. The van der Waals surface area contributed by atoms with E-state index in [1.54, 1.807) is 7.11 Å². The highest BCUT2D eigenvalue weighted by molar-refractivity contribution is 6.09. The summed E-state index contributed by atoms with van der Waals surface area (Å²) in [4.78, 5) is 15.5. The van der Waals surface area contributed by atoms with Gasteiger partial charge in [-0.1, -0.05) is 55.7 Å². The van der Waals surface area contributed by atoms with Crippen molar-refractivity contribution in [3.63, 3.8) is 0 Å². The van der Waals surface area contributed by atoms with Crippen LogP contribution < -0.4 is 9.64 Å². The Labute approximate surface area is 160 Å². The van der Waals surface area contributed by atoms with Gasteiger partial charge in [0.2, 0.25) is 5.91 Å². The minimum Gasteiger partial charge on any atom is -0.497 e. The van der Waals surface area contributed by atoms with Crippen molar-refractivity contribution >= 4 is 28.1 Å². The van der Waals surface area contributed by atoms with Crippen molar-refractivity contribution in [1.82, 2.24) is 0 Å². The standard InChI is InChI=1S/C24H25NO2/c1-27-21-16-14-20(15-17-21)25(24(26)19-9-3-2-4-10-19)23-13-7-11-18-8-5-6-12-22(18)23/h5-8,11-17,19H,2-4,9-10H2,1H3. The number of hydrogen-bond donors (Lipinski definition) is 0. The lowest BCUT2D eigenvalue weighted by molar-refractivity contribution is -0.122. The summed E-state index contributed by atoms with van der Waals surface area (Å²) in [6.45, 7) is 0. The molecule has 3 aromatic rings. The monoisotopic (exact) mass is 359 g/mol. The van der Waals surface area contributed by atoms with Crippen molar-refractivity contribution in [2.45, 2.75) is 32.1 Å². The van der Waals surface area contributed by atoms with Crippen LogP contribution in [0.1, 0.15) is 32.1 Å². The molecule has 1 fully saturated rings. The maximum absolute atomic E-state index is 13.6. The largest absolute Gasteiger partial charge is 0.497 e. The van der Waals surface area contributed by atoms with Gasteiger partial charge < -0.3 is 4.74 Å². The first-order valence-corrected chi connectivity index (χ1v) is 9.74. The normalized spacial score (nSPS) is 14.9. The molecule has 4 rings (SSSR count). The van der Waals surface area contributed by atoms with Gasteiger partial charge in [-0.15, -0.1) is 0 Å². The van der Waals surface area contributed by atoms with E-state index >= 15 is 0 Å². The Hall–Kier alpha value is -2.81. The van der Waals surface area contributed by atoms with Crippen LogP contribution in [0.15, 0.2) is 66.7 Å². The van der Waals surface area contributed by atoms with E-state index in [-0.39, 0.29) is 11.8 Å². The summed E-state index contributed by atoms with van der Waals surface area (Å²) in [5.41, 5.74) is 1.84. The minimum atomic E-state index is 0.0971. The highest BCUT2D eigenvalue weighted by Gasteiger charge is 2.28. The number of nitrogens with zero attached hydrogens (tertiary/aromatic N) is 1. The Kier molecular flexibility index (Phi) is 5.10. The summed E-state index contributed by atoms with van der Waals surface area (Å²) in [6.07, 6.45) is 5.48. The summed E-state index contributed by atoms with van der Waals surface area (Å²) < 4.78 is 5.30. The Morgan fingerprint density at radius 3 is 2.33 bits per heavy atom. The van der Waals surface area contributed by atoms with Gasteiger partial charge >= 0.3 is 0 Å². The number of methoxy groups -OCH3 is 1. The number of anilines is 2. The molecule has 0 atom stereocenters. The third-order valence-corrected chi connectivity index (χ3v) is 5.51. The lowest BCUT2D eigenvalue weighted by Gasteiger charge is -2.30. The predicted octanol–water partition coefficient (Wildman–Crippen LogP) is 6.09. The van der Waals surface area contributed by atoms with Crippen molar-refractivity contribution in [2.24, 2.45) is 5.92 Å². The first-order valence-electron chi connectivity index (χ1n) is 9.74. The quantitative estimate of drug-likeness (QED) is 0.564. The highest BCUT2D eigenvalue weighted by Crippen LogP contribution is 2.36. The van der Waals surface area contributed by atoms with Crippen LogP contribution in [-0.2, 0) is 4.79 Å². The molecule has 3 nitrogen and oxygen atoms in total. The molecule has 0 aromatic heterocycles. The fourth-order valence-electron chi connectivity index (χ4n) is 4.05. The van der Waals surface area contributed by atoms with Crippen molar-refractivity contribution < 1.29 is 9.53 Å². The number of benzene rings is 3. The zero-order valence-corrected chi connectivity index (χ0v) is 15.7. The summed E-state index contributed by atoms with van der Waals surface area (Å²) in [5, 5.41) is 2.24. The van der Waals surface area contributed by atoms with Crippen LogP contribution in [0.2, 0.25) is 0 Å². The lowest BCUT2D eigenvalue weighted by atomic mass is 9.88. The van der Waals surface area contributed by atoms with Gasteiger partial charge in [0.25, 0.3) is 0 Å². The fourth-order valence-corrected chi connectivity index (χ4v) is 4.05. The summed E-state index contributed by atoms with van der Waals surface area (Å²) in [5.74, 6) is 1.10. The molecule has 1 aliphatic rings. The third-order valence-electron chi connectivity index (χ3n) is 5.51. The maximum atomic E-state index is 13.6. The van der Waals surface area contributed by atoms with Crippen LogP contribution >= 0.6 is 0 Å². The van der Waals surface area contributed by atoms with Crippen LogP contribution in [0.5, 0.6) is 5.75 Å². The summed E-state index contributed by atoms with van der Waals surface area (Å²) >= 11 is 0. The molecule has 1 amide bonds. The molecule has 27 heavy (non-hydrogen) atoms. The molecule has 138 valence electrons. The van der Waals surface area contributed by atoms with E-state index in [0.717, 1.165) is 53.6 Å². The van der Waals surface area contributed by atoms with Crippen molar-refractivity contribution in [2.75, 3.05) is 12.0 Å². The average Bonchev–Trinajstić information content (AvgIpc) is 2.75. The molecule has 1 aliphatic carbocycles. The van der Waals surface area contributed by atoms with Gasteiger partial charge in [-0.25, -0.2) is 0 Å². The number of carbonyl (C=O) groups is 1. The minimum absolute atomic E-state index is 0.0971. The van der Waals surface area contributed by atoms with E-state index < -0.39 is 0 Å². The van der Waals surface area contributed by atoms with Crippen molar-refractivity contribution in [1.29, 1.82) is 0 Å². The molecular weight excluding hydrogens is 334 g/mol. The van der Waals surface area contributed by atoms with E-state index in [4.69, 9.17) is 4.74 Å². The first-order chi connectivity index (χ1) is 13.3. The fraction of sp³-hybridized carbons (Fsp3) is 0.292. The average molecular weight is 359 g/mol. The smallest absolute Gasteiger partial charge is 0.234 e. The number of ether oxygens (including phenoxy) is 1. The molecule has 0 radical (unpaired) electrons. The molecule has 0 spiro atoms. The first kappa shape index (κ1) is 17.6. The van der Waals surface area contributed by atoms with Crippen LogP contribution in [-0.4, -0.2) is 13.0 Å². The maximum Gasteiger partial charge on any atom is 0.234 e. The Balaban J connectivity index is 1.82. The molecule has 3 heteroatoms. The van der Waals surface area contributed by atoms with E-state index in [1.807, 2.05) is 53.4 Å². The molecule has 3 aromatic carbocycles. The van der Waals surface area contributed by atoms with Crippen molar-refractivity contribution in [3.05, 3.63) is 66.7 Å². The SMILES string of the molecule is COc1ccc(N(C(=O)C2CCCCC2)c2cccc3ccccc23)cc1. The Morgan fingerprint density at radius 1 is 0.889 bits per heavy atom. The number of carbonyl (C=O) groups excluding carboxylic acids is 1. The lowest BCUT2D eigenvalue weighted by Crippen LogP contribution is -2.33. The van der Waals surface area contributed by atoms with Gasteiger partial charge in [0, 0.05) is 17.0 Å². The molecular formula is C24H25NO2. The second kappa shape index (κ2) is 7.83. The topological polar surface area (TPSA) is 29.5 Å². The van der Waals surface area contributed by atoms with Crippen LogP contribution in [0.3, 0.4) is 0 Å². The van der Waals surface area contributed by atoms with E-state index in [2.05, 4.69) is 18.2 Å². The van der Waals surface area contributed by atoms with Gasteiger partial charge in [0.05, 0.1) is 12.8 Å². The zero-order chi connectivity index (χ0) is 18.6. The molecule has 0 N–H and O–H groups in total. The van der Waals surface area contributed by atoms with Gasteiger partial charge in [-0.05, 0) is 48.6 Å². The third kappa shape index (κ3) is 3.55. The molecule has 1 saturated carbocycles.